The quantitative estimate of drug-likeness (QED) is 0.164. The highest BCUT2D eigenvalue weighted by Crippen LogP contribution is 2.09. The van der Waals surface area contributed by atoms with Gasteiger partial charge in [0.25, 0.3) is 0 Å². The third-order valence-electron chi connectivity index (χ3n) is 4.56. The zero-order chi connectivity index (χ0) is 24.2. The summed E-state index contributed by atoms with van der Waals surface area (Å²) in [6.07, 6.45) is 1.82. The number of Topliss-reactive ketones (excluding diaryl/α,β-unsaturated/α-hetero) is 1. The van der Waals surface area contributed by atoms with Crippen LogP contribution in [-0.2, 0) is 24.0 Å². The van der Waals surface area contributed by atoms with Gasteiger partial charge in [0.15, 0.2) is 0 Å². The van der Waals surface area contributed by atoms with Crippen molar-refractivity contribution in [3.8, 4) is 0 Å². The fraction of sp³-hybridized carbons (Fsp3) is 0.750. The molecule has 0 aromatic rings. The van der Waals surface area contributed by atoms with Crippen LogP contribution in [0.4, 0.5) is 0 Å². The van der Waals surface area contributed by atoms with E-state index in [1.54, 1.807) is 13.8 Å². The van der Waals surface area contributed by atoms with Crippen LogP contribution in [0, 0.1) is 0 Å². The summed E-state index contributed by atoms with van der Waals surface area (Å²) in [7, 11) is 1.82. The first-order valence-electron chi connectivity index (χ1n) is 10.3. The molecule has 0 spiro atoms. The van der Waals surface area contributed by atoms with Crippen molar-refractivity contribution in [1.82, 2.24) is 26.6 Å². The van der Waals surface area contributed by atoms with E-state index in [2.05, 4.69) is 26.6 Å². The largest absolute Gasteiger partial charge is 0.368 e. The second kappa shape index (κ2) is 13.0. The first-order chi connectivity index (χ1) is 14.2. The van der Waals surface area contributed by atoms with Gasteiger partial charge >= 0.3 is 0 Å². The highest BCUT2D eigenvalue weighted by molar-refractivity contribution is 5.96. The Hall–Kier alpha value is -2.53. The molecule has 11 nitrogen and oxygen atoms in total. The standard InChI is InChI=1S/C20H38N6O5/c1-13(27)11-24-19(2,3)18(31)25-14(9-7-8-10-22-6)16(29)26-20(4,5)17(30)23-12-15(21)28/h14,22,24H,7-12H2,1-6H3,(H2,21,28)(H,23,30)(H,25,31)(H,26,29). The van der Waals surface area contributed by atoms with E-state index < -0.39 is 40.7 Å². The third kappa shape index (κ3) is 11.4. The number of nitrogens with one attached hydrogen (secondary N) is 5. The zero-order valence-corrected chi connectivity index (χ0v) is 19.4. The van der Waals surface area contributed by atoms with Gasteiger partial charge in [0, 0.05) is 0 Å². The second-order valence-electron chi connectivity index (χ2n) is 8.57. The smallest absolute Gasteiger partial charge is 0.245 e. The van der Waals surface area contributed by atoms with E-state index >= 15 is 0 Å². The van der Waals surface area contributed by atoms with Gasteiger partial charge in [-0.15, -0.1) is 0 Å². The highest BCUT2D eigenvalue weighted by atomic mass is 16.2. The Bertz CT molecular complexity index is 662. The number of hydrogen-bond acceptors (Lipinski definition) is 7. The minimum atomic E-state index is -1.33. The van der Waals surface area contributed by atoms with Gasteiger partial charge in [0.1, 0.15) is 17.4 Å². The number of rotatable bonds is 15. The fourth-order valence-corrected chi connectivity index (χ4v) is 2.52. The molecule has 178 valence electrons. The van der Waals surface area contributed by atoms with Crippen LogP contribution in [0.3, 0.4) is 0 Å². The Labute approximate surface area is 184 Å². The Kier molecular flexibility index (Phi) is 11.9. The topological polar surface area (TPSA) is 172 Å². The number of unbranched alkanes of at least 4 members (excludes halogenated alkanes) is 1. The number of nitrogens with two attached hydrogens (primary N) is 1. The molecule has 0 aliphatic heterocycles. The van der Waals surface area contributed by atoms with Gasteiger partial charge in [-0.05, 0) is 67.5 Å². The van der Waals surface area contributed by atoms with E-state index in [0.717, 1.165) is 13.0 Å². The maximum Gasteiger partial charge on any atom is 0.245 e. The van der Waals surface area contributed by atoms with Crippen molar-refractivity contribution in [3.63, 3.8) is 0 Å². The first kappa shape index (κ1) is 28.5. The summed E-state index contributed by atoms with van der Waals surface area (Å²) in [5.41, 5.74) is 2.62. The SMILES string of the molecule is CNCCCCC(NC(=O)C(C)(C)NCC(C)=O)C(=O)NC(C)(C)C(=O)NCC(N)=O. The maximum atomic E-state index is 12.9. The van der Waals surface area contributed by atoms with Gasteiger partial charge in [-0.2, -0.15) is 0 Å². The predicted molar refractivity (Wildman–Crippen MR) is 117 cm³/mol. The van der Waals surface area contributed by atoms with Crippen molar-refractivity contribution in [3.05, 3.63) is 0 Å². The Morgan fingerprint density at radius 3 is 2.03 bits per heavy atom. The van der Waals surface area contributed by atoms with Crippen molar-refractivity contribution >= 4 is 29.4 Å². The fourth-order valence-electron chi connectivity index (χ4n) is 2.52. The molecule has 0 bridgehead atoms. The molecule has 0 fully saturated rings. The van der Waals surface area contributed by atoms with Crippen LogP contribution in [0.15, 0.2) is 0 Å². The van der Waals surface area contributed by atoms with Crippen LogP contribution < -0.4 is 32.3 Å². The molecule has 7 N–H and O–H groups in total. The van der Waals surface area contributed by atoms with Crippen LogP contribution in [0.1, 0.15) is 53.9 Å². The molecule has 0 aliphatic carbocycles. The molecule has 0 rings (SSSR count). The number of amides is 4. The van der Waals surface area contributed by atoms with Crippen molar-refractivity contribution in [2.24, 2.45) is 5.73 Å². The molecule has 11 heteroatoms. The molecule has 0 saturated heterocycles. The van der Waals surface area contributed by atoms with Gasteiger partial charge < -0.3 is 27.0 Å². The molecule has 0 radical (unpaired) electrons. The minimum Gasteiger partial charge on any atom is -0.368 e. The van der Waals surface area contributed by atoms with Gasteiger partial charge in [-0.3, -0.25) is 29.3 Å². The summed E-state index contributed by atoms with van der Waals surface area (Å²) in [6.45, 7) is 8.04. The van der Waals surface area contributed by atoms with Crippen molar-refractivity contribution in [2.45, 2.75) is 71.0 Å². The molecule has 0 aliphatic rings. The summed E-state index contributed by atoms with van der Waals surface area (Å²) in [5.74, 6) is -2.38. The molecule has 1 atom stereocenters. The second-order valence-corrected chi connectivity index (χ2v) is 8.57. The molecule has 0 aromatic carbocycles. The van der Waals surface area contributed by atoms with E-state index in [9.17, 15) is 24.0 Å². The van der Waals surface area contributed by atoms with E-state index in [-0.39, 0.29) is 18.9 Å². The summed E-state index contributed by atoms with van der Waals surface area (Å²) >= 11 is 0. The molecule has 0 heterocycles. The van der Waals surface area contributed by atoms with Crippen molar-refractivity contribution in [1.29, 1.82) is 0 Å². The molecule has 0 aromatic heterocycles. The molecular weight excluding hydrogens is 404 g/mol. The molecular formula is C20H38N6O5. The molecule has 1 unspecified atom stereocenters. The third-order valence-corrected chi connectivity index (χ3v) is 4.56. The number of hydrogen-bond donors (Lipinski definition) is 6. The van der Waals surface area contributed by atoms with Gasteiger partial charge in [-0.1, -0.05) is 0 Å². The lowest BCUT2D eigenvalue weighted by molar-refractivity contribution is -0.136. The van der Waals surface area contributed by atoms with Gasteiger partial charge in [0.2, 0.25) is 23.6 Å². The average molecular weight is 443 g/mol. The van der Waals surface area contributed by atoms with Crippen molar-refractivity contribution in [2.75, 3.05) is 26.7 Å². The van der Waals surface area contributed by atoms with Gasteiger partial charge in [-0.25, -0.2) is 0 Å². The molecule has 0 saturated carbocycles. The number of ketones is 1. The van der Waals surface area contributed by atoms with Crippen LogP contribution >= 0.6 is 0 Å². The van der Waals surface area contributed by atoms with E-state index in [1.165, 1.54) is 20.8 Å². The predicted octanol–water partition coefficient (Wildman–Crippen LogP) is -1.69. The lowest BCUT2D eigenvalue weighted by Crippen LogP contribution is -2.62. The van der Waals surface area contributed by atoms with E-state index in [4.69, 9.17) is 5.73 Å². The summed E-state index contributed by atoms with van der Waals surface area (Å²) in [4.78, 5) is 60.1. The summed E-state index contributed by atoms with van der Waals surface area (Å²) in [5, 5.41) is 13.6. The van der Waals surface area contributed by atoms with Crippen molar-refractivity contribution < 1.29 is 24.0 Å². The zero-order valence-electron chi connectivity index (χ0n) is 19.4. The van der Waals surface area contributed by atoms with Crippen LogP contribution in [0.2, 0.25) is 0 Å². The molecule has 4 amide bonds. The lowest BCUT2D eigenvalue weighted by Gasteiger charge is -2.30. The lowest BCUT2D eigenvalue weighted by atomic mass is 9.99. The van der Waals surface area contributed by atoms with Crippen LogP contribution in [-0.4, -0.2) is 73.2 Å². The summed E-state index contributed by atoms with van der Waals surface area (Å²) < 4.78 is 0. The number of carbonyl (C=O) groups excluding carboxylic acids is 5. The Balaban J connectivity index is 5.26. The Morgan fingerprint density at radius 2 is 1.52 bits per heavy atom. The molecule has 31 heavy (non-hydrogen) atoms. The summed E-state index contributed by atoms with van der Waals surface area (Å²) in [6, 6.07) is -0.883. The normalized spacial score (nSPS) is 12.6. The number of primary amides is 1. The van der Waals surface area contributed by atoms with Crippen LogP contribution in [0.5, 0.6) is 0 Å². The minimum absolute atomic E-state index is 0.0204. The highest BCUT2D eigenvalue weighted by Gasteiger charge is 2.35. The van der Waals surface area contributed by atoms with E-state index in [1.807, 2.05) is 7.05 Å². The number of carbonyl (C=O) groups is 5. The average Bonchev–Trinajstić information content (AvgIpc) is 2.66. The van der Waals surface area contributed by atoms with E-state index in [0.29, 0.717) is 12.8 Å². The van der Waals surface area contributed by atoms with Crippen LogP contribution in [0.25, 0.3) is 0 Å². The monoisotopic (exact) mass is 442 g/mol. The van der Waals surface area contributed by atoms with Gasteiger partial charge in [0.05, 0.1) is 18.6 Å². The Morgan fingerprint density at radius 1 is 0.903 bits per heavy atom. The maximum absolute atomic E-state index is 12.9. The first-order valence-corrected chi connectivity index (χ1v) is 10.3.